The highest BCUT2D eigenvalue weighted by Gasteiger charge is 2.06. The smallest absolute Gasteiger partial charge is 0.138 e. The van der Waals surface area contributed by atoms with Crippen molar-refractivity contribution in [3.63, 3.8) is 0 Å². The molecule has 0 fully saturated rings. The maximum atomic E-state index is 4.67. The lowest BCUT2D eigenvalue weighted by Crippen LogP contribution is -1.94. The number of nitrogens with one attached hydrogen (secondary N) is 2. The SMILES string of the molecule is c1cc(Nc2ccc(-c3ccncn3)cn2)cc(-c2nc3ccccc3[nH]2)c1. The van der Waals surface area contributed by atoms with E-state index in [9.17, 15) is 0 Å². The minimum absolute atomic E-state index is 0.763. The van der Waals surface area contributed by atoms with Gasteiger partial charge in [-0.1, -0.05) is 24.3 Å². The fourth-order valence-electron chi connectivity index (χ4n) is 3.06. The largest absolute Gasteiger partial charge is 0.340 e. The quantitative estimate of drug-likeness (QED) is 0.478. The lowest BCUT2D eigenvalue weighted by molar-refractivity contribution is 1.17. The summed E-state index contributed by atoms with van der Waals surface area (Å²) in [5.41, 5.74) is 5.74. The van der Waals surface area contributed by atoms with E-state index in [1.165, 1.54) is 6.33 Å². The van der Waals surface area contributed by atoms with Crippen LogP contribution in [-0.2, 0) is 0 Å². The first-order valence-corrected chi connectivity index (χ1v) is 8.90. The summed E-state index contributed by atoms with van der Waals surface area (Å²) in [6.45, 7) is 0. The average Bonchev–Trinajstić information content (AvgIpc) is 3.20. The lowest BCUT2D eigenvalue weighted by atomic mass is 10.2. The van der Waals surface area contributed by atoms with Gasteiger partial charge in [-0.25, -0.2) is 19.9 Å². The molecule has 0 spiro atoms. The fourth-order valence-corrected chi connectivity index (χ4v) is 3.06. The van der Waals surface area contributed by atoms with E-state index in [1.807, 2.05) is 60.7 Å². The Morgan fingerprint density at radius 2 is 1.79 bits per heavy atom. The molecule has 3 aromatic heterocycles. The zero-order valence-corrected chi connectivity index (χ0v) is 14.9. The summed E-state index contributed by atoms with van der Waals surface area (Å²) in [6.07, 6.45) is 5.05. The maximum absolute atomic E-state index is 4.67. The highest BCUT2D eigenvalue weighted by molar-refractivity contribution is 5.80. The van der Waals surface area contributed by atoms with Gasteiger partial charge in [-0.2, -0.15) is 0 Å². The molecule has 5 aromatic rings. The van der Waals surface area contributed by atoms with Gasteiger partial charge < -0.3 is 10.3 Å². The molecule has 0 bridgehead atoms. The number of nitrogens with zero attached hydrogens (tertiary/aromatic N) is 4. The fraction of sp³-hybridized carbons (Fsp3) is 0. The summed E-state index contributed by atoms with van der Waals surface area (Å²) in [5.74, 6) is 1.61. The number of H-pyrrole nitrogens is 1. The van der Waals surface area contributed by atoms with Crippen LogP contribution in [0.25, 0.3) is 33.7 Å². The van der Waals surface area contributed by atoms with Gasteiger partial charge in [0, 0.05) is 29.2 Å². The second-order valence-electron chi connectivity index (χ2n) is 6.34. The number of hydrogen-bond acceptors (Lipinski definition) is 5. The van der Waals surface area contributed by atoms with Crippen LogP contribution in [0, 0.1) is 0 Å². The van der Waals surface area contributed by atoms with E-state index in [-0.39, 0.29) is 0 Å². The van der Waals surface area contributed by atoms with Crippen LogP contribution in [0.1, 0.15) is 0 Å². The van der Waals surface area contributed by atoms with Gasteiger partial charge in [0.05, 0.1) is 16.7 Å². The van der Waals surface area contributed by atoms with E-state index in [4.69, 9.17) is 0 Å². The average molecular weight is 364 g/mol. The number of rotatable bonds is 4. The van der Waals surface area contributed by atoms with Crippen molar-refractivity contribution in [2.45, 2.75) is 0 Å². The van der Waals surface area contributed by atoms with Crippen LogP contribution in [0.5, 0.6) is 0 Å². The Morgan fingerprint density at radius 1 is 0.821 bits per heavy atom. The normalized spacial score (nSPS) is 10.9. The molecule has 0 radical (unpaired) electrons. The van der Waals surface area contributed by atoms with Gasteiger partial charge in [-0.05, 0) is 42.5 Å². The zero-order chi connectivity index (χ0) is 18.8. The maximum Gasteiger partial charge on any atom is 0.138 e. The van der Waals surface area contributed by atoms with Crippen molar-refractivity contribution in [1.82, 2.24) is 24.9 Å². The van der Waals surface area contributed by atoms with Crippen molar-refractivity contribution in [3.05, 3.63) is 85.5 Å². The Morgan fingerprint density at radius 3 is 2.61 bits per heavy atom. The number of pyridine rings is 1. The second-order valence-corrected chi connectivity index (χ2v) is 6.34. The molecule has 2 aromatic carbocycles. The minimum atomic E-state index is 0.763. The van der Waals surface area contributed by atoms with Gasteiger partial charge >= 0.3 is 0 Å². The Kier molecular flexibility index (Phi) is 3.99. The van der Waals surface area contributed by atoms with Crippen LogP contribution < -0.4 is 5.32 Å². The number of hydrogen-bond donors (Lipinski definition) is 2. The molecule has 6 nitrogen and oxygen atoms in total. The number of anilines is 2. The second kappa shape index (κ2) is 6.92. The summed E-state index contributed by atoms with van der Waals surface area (Å²) in [4.78, 5) is 20.7. The summed E-state index contributed by atoms with van der Waals surface area (Å²) in [6, 6.07) is 21.9. The minimum Gasteiger partial charge on any atom is -0.340 e. The molecule has 0 atom stereocenters. The molecule has 134 valence electrons. The highest BCUT2D eigenvalue weighted by atomic mass is 15.0. The van der Waals surface area contributed by atoms with E-state index in [0.717, 1.165) is 45.2 Å². The molecule has 28 heavy (non-hydrogen) atoms. The Bertz CT molecular complexity index is 1200. The van der Waals surface area contributed by atoms with Gasteiger partial charge in [0.25, 0.3) is 0 Å². The number of aromatic amines is 1. The van der Waals surface area contributed by atoms with Crippen LogP contribution in [-0.4, -0.2) is 24.9 Å². The van der Waals surface area contributed by atoms with Crippen molar-refractivity contribution < 1.29 is 0 Å². The van der Waals surface area contributed by atoms with Crippen molar-refractivity contribution in [2.24, 2.45) is 0 Å². The van der Waals surface area contributed by atoms with Crippen LogP contribution in [0.3, 0.4) is 0 Å². The van der Waals surface area contributed by atoms with Crippen molar-refractivity contribution in [1.29, 1.82) is 0 Å². The third-order valence-corrected chi connectivity index (χ3v) is 4.44. The molecule has 3 heterocycles. The van der Waals surface area contributed by atoms with Gasteiger partial charge in [0.2, 0.25) is 0 Å². The van der Waals surface area contributed by atoms with Crippen molar-refractivity contribution >= 4 is 22.5 Å². The van der Waals surface area contributed by atoms with Crippen LogP contribution in [0.2, 0.25) is 0 Å². The molecule has 0 amide bonds. The molecular formula is C22H16N6. The number of para-hydroxylation sites is 2. The van der Waals surface area contributed by atoms with Crippen LogP contribution in [0.15, 0.2) is 85.5 Å². The Hall–Kier alpha value is -4.06. The van der Waals surface area contributed by atoms with Crippen LogP contribution >= 0.6 is 0 Å². The molecule has 5 rings (SSSR count). The molecule has 6 heteroatoms. The van der Waals surface area contributed by atoms with E-state index in [1.54, 1.807) is 12.4 Å². The monoisotopic (exact) mass is 364 g/mol. The van der Waals surface area contributed by atoms with Crippen molar-refractivity contribution in [3.8, 4) is 22.6 Å². The predicted octanol–water partition coefficient (Wildman–Crippen LogP) is 4.83. The molecule has 0 saturated carbocycles. The number of fused-ring (bicyclic) bond motifs is 1. The standard InChI is InChI=1S/C22H16N6/c1-2-7-20-19(6-1)27-22(28-20)15-4-3-5-17(12-15)26-21-9-8-16(13-24-21)18-10-11-23-14-25-18/h1-14H,(H,24,26)(H,27,28). The lowest BCUT2D eigenvalue weighted by Gasteiger charge is -2.08. The summed E-state index contributed by atoms with van der Waals surface area (Å²) in [5, 5.41) is 3.34. The number of imidazole rings is 1. The predicted molar refractivity (Wildman–Crippen MR) is 110 cm³/mol. The molecular weight excluding hydrogens is 348 g/mol. The molecule has 2 N–H and O–H groups in total. The first-order chi connectivity index (χ1) is 13.8. The van der Waals surface area contributed by atoms with E-state index in [2.05, 4.69) is 36.3 Å². The molecule has 0 saturated heterocycles. The van der Waals surface area contributed by atoms with E-state index >= 15 is 0 Å². The molecule has 0 aliphatic carbocycles. The summed E-state index contributed by atoms with van der Waals surface area (Å²) >= 11 is 0. The third-order valence-electron chi connectivity index (χ3n) is 4.44. The topological polar surface area (TPSA) is 79.4 Å². The van der Waals surface area contributed by atoms with Gasteiger partial charge in [0.15, 0.2) is 0 Å². The molecule has 0 aliphatic rings. The van der Waals surface area contributed by atoms with Crippen LogP contribution in [0.4, 0.5) is 11.5 Å². The summed E-state index contributed by atoms with van der Waals surface area (Å²) < 4.78 is 0. The number of aromatic nitrogens is 5. The van der Waals surface area contributed by atoms with Gasteiger partial charge in [-0.15, -0.1) is 0 Å². The number of benzene rings is 2. The first kappa shape index (κ1) is 16.1. The van der Waals surface area contributed by atoms with Gasteiger partial charge in [-0.3, -0.25) is 0 Å². The van der Waals surface area contributed by atoms with Gasteiger partial charge in [0.1, 0.15) is 18.0 Å². The molecule has 0 aliphatic heterocycles. The zero-order valence-electron chi connectivity index (χ0n) is 14.9. The molecule has 0 unspecified atom stereocenters. The summed E-state index contributed by atoms with van der Waals surface area (Å²) in [7, 11) is 0. The van der Waals surface area contributed by atoms with E-state index in [0.29, 0.717) is 0 Å². The third kappa shape index (κ3) is 3.19. The first-order valence-electron chi connectivity index (χ1n) is 8.90. The Labute approximate surface area is 161 Å². The highest BCUT2D eigenvalue weighted by Crippen LogP contribution is 2.25. The Balaban J connectivity index is 1.39. The van der Waals surface area contributed by atoms with E-state index < -0.39 is 0 Å². The van der Waals surface area contributed by atoms with Crippen molar-refractivity contribution in [2.75, 3.05) is 5.32 Å².